The molecule has 0 fully saturated rings. The summed E-state index contributed by atoms with van der Waals surface area (Å²) in [5.74, 6) is 0. The first-order valence-corrected chi connectivity index (χ1v) is 11.4. The highest BCUT2D eigenvalue weighted by molar-refractivity contribution is 7.89. The van der Waals surface area contributed by atoms with Crippen LogP contribution < -0.4 is 4.84 Å². The van der Waals surface area contributed by atoms with E-state index in [0.29, 0.717) is 24.1 Å². The molecule has 0 aliphatic rings. The standard InChI is InChI=1S/C18H25N5O3S2/c1-6-22(7-2)28(24,25)14-8-9-15-16(10-14)23(21-20-15)26-11-13-12-27-17(19-13)18(3,4)5/h8-10,12H,6-7,11H2,1-5H3. The summed E-state index contributed by atoms with van der Waals surface area (Å²) in [7, 11) is -3.57. The maximum Gasteiger partial charge on any atom is 0.243 e. The summed E-state index contributed by atoms with van der Waals surface area (Å²) in [5.41, 5.74) is 1.84. The number of sulfonamides is 1. The molecule has 0 amide bonds. The number of benzene rings is 1. The molecule has 0 spiro atoms. The van der Waals surface area contributed by atoms with Crippen LogP contribution >= 0.6 is 11.3 Å². The van der Waals surface area contributed by atoms with E-state index < -0.39 is 10.0 Å². The van der Waals surface area contributed by atoms with E-state index in [1.165, 1.54) is 9.15 Å². The molecule has 28 heavy (non-hydrogen) atoms. The molecule has 10 heteroatoms. The van der Waals surface area contributed by atoms with Gasteiger partial charge >= 0.3 is 0 Å². The van der Waals surface area contributed by atoms with Gasteiger partial charge in [0.1, 0.15) is 11.0 Å². The lowest BCUT2D eigenvalue weighted by atomic mass is 9.98. The molecule has 0 saturated carbocycles. The lowest BCUT2D eigenvalue weighted by Gasteiger charge is -2.18. The molecule has 0 aliphatic carbocycles. The van der Waals surface area contributed by atoms with Gasteiger partial charge in [-0.2, -0.15) is 4.31 Å². The van der Waals surface area contributed by atoms with Crippen molar-refractivity contribution in [2.24, 2.45) is 0 Å². The molecule has 0 saturated heterocycles. The summed E-state index contributed by atoms with van der Waals surface area (Å²) in [6, 6.07) is 4.73. The zero-order valence-electron chi connectivity index (χ0n) is 16.7. The number of rotatable bonds is 7. The number of thiazole rings is 1. The van der Waals surface area contributed by atoms with Gasteiger partial charge in [0, 0.05) is 23.9 Å². The van der Waals surface area contributed by atoms with E-state index in [0.717, 1.165) is 10.7 Å². The normalized spacial score (nSPS) is 12.8. The second-order valence-corrected chi connectivity index (χ2v) is 10.2. The van der Waals surface area contributed by atoms with Gasteiger partial charge in [0.05, 0.1) is 15.6 Å². The molecule has 3 aromatic rings. The summed E-state index contributed by atoms with van der Waals surface area (Å²) in [6.07, 6.45) is 0. The van der Waals surface area contributed by atoms with Crippen molar-refractivity contribution in [3.05, 3.63) is 34.3 Å². The molecular formula is C18H25N5O3S2. The van der Waals surface area contributed by atoms with Crippen LogP contribution in [-0.2, 0) is 22.0 Å². The van der Waals surface area contributed by atoms with Crippen LogP contribution in [0.4, 0.5) is 0 Å². The summed E-state index contributed by atoms with van der Waals surface area (Å²) in [6.45, 7) is 11.0. The number of hydrogen-bond acceptors (Lipinski definition) is 7. The first kappa shape index (κ1) is 20.7. The van der Waals surface area contributed by atoms with Crippen molar-refractivity contribution in [3.63, 3.8) is 0 Å². The van der Waals surface area contributed by atoms with Crippen molar-refractivity contribution < 1.29 is 13.3 Å². The van der Waals surface area contributed by atoms with Crippen LogP contribution in [0.5, 0.6) is 0 Å². The second-order valence-electron chi connectivity index (χ2n) is 7.37. The minimum atomic E-state index is -3.57. The van der Waals surface area contributed by atoms with Crippen LogP contribution in [0.15, 0.2) is 28.5 Å². The molecule has 2 heterocycles. The van der Waals surface area contributed by atoms with Crippen LogP contribution in [-0.4, -0.2) is 46.0 Å². The van der Waals surface area contributed by atoms with Crippen molar-refractivity contribution >= 4 is 32.4 Å². The monoisotopic (exact) mass is 423 g/mol. The highest BCUT2D eigenvalue weighted by Crippen LogP contribution is 2.26. The molecule has 8 nitrogen and oxygen atoms in total. The van der Waals surface area contributed by atoms with Gasteiger partial charge in [0.25, 0.3) is 0 Å². The fourth-order valence-corrected chi connectivity index (χ4v) is 5.06. The summed E-state index contributed by atoms with van der Waals surface area (Å²) < 4.78 is 27.0. The zero-order chi connectivity index (χ0) is 20.5. The molecule has 1 aromatic carbocycles. The van der Waals surface area contributed by atoms with E-state index in [-0.39, 0.29) is 16.9 Å². The van der Waals surface area contributed by atoms with E-state index >= 15 is 0 Å². The van der Waals surface area contributed by atoms with Crippen molar-refractivity contribution in [1.29, 1.82) is 0 Å². The fraction of sp³-hybridized carbons (Fsp3) is 0.500. The summed E-state index contributed by atoms with van der Waals surface area (Å²) >= 11 is 1.59. The first-order chi connectivity index (χ1) is 13.2. The number of fused-ring (bicyclic) bond motifs is 1. The summed E-state index contributed by atoms with van der Waals surface area (Å²) in [5, 5.41) is 11.0. The van der Waals surface area contributed by atoms with Gasteiger partial charge in [-0.3, -0.25) is 0 Å². The van der Waals surface area contributed by atoms with E-state index in [4.69, 9.17) is 4.84 Å². The number of hydrogen-bond donors (Lipinski definition) is 0. The van der Waals surface area contributed by atoms with Crippen LogP contribution in [0.2, 0.25) is 0 Å². The Hall–Kier alpha value is -2.04. The average molecular weight is 424 g/mol. The fourth-order valence-electron chi connectivity index (χ4n) is 2.69. The molecule has 2 aromatic heterocycles. The lowest BCUT2D eigenvalue weighted by molar-refractivity contribution is 0.0732. The molecule has 3 rings (SSSR count). The molecule has 0 atom stereocenters. The van der Waals surface area contributed by atoms with Crippen molar-refractivity contribution in [2.75, 3.05) is 13.1 Å². The third-order valence-corrected chi connectivity index (χ3v) is 7.62. The van der Waals surface area contributed by atoms with Crippen LogP contribution in [0, 0.1) is 0 Å². The van der Waals surface area contributed by atoms with Crippen molar-refractivity contribution in [1.82, 2.24) is 24.4 Å². The van der Waals surface area contributed by atoms with Gasteiger partial charge in [-0.15, -0.1) is 16.4 Å². The van der Waals surface area contributed by atoms with Gasteiger partial charge in [-0.25, -0.2) is 13.4 Å². The van der Waals surface area contributed by atoms with Gasteiger partial charge in [0.2, 0.25) is 10.0 Å². The minimum Gasteiger partial charge on any atom is -0.388 e. The molecule has 0 radical (unpaired) electrons. The molecular weight excluding hydrogens is 398 g/mol. The quantitative estimate of drug-likeness (QED) is 0.580. The van der Waals surface area contributed by atoms with Crippen LogP contribution in [0.25, 0.3) is 11.0 Å². The predicted octanol–water partition coefficient (Wildman–Crippen LogP) is 2.84. The smallest absolute Gasteiger partial charge is 0.243 e. The Bertz CT molecular complexity index is 1060. The van der Waals surface area contributed by atoms with Crippen LogP contribution in [0.1, 0.15) is 45.3 Å². The highest BCUT2D eigenvalue weighted by Gasteiger charge is 2.23. The third kappa shape index (κ3) is 4.03. The van der Waals surface area contributed by atoms with Crippen LogP contribution in [0.3, 0.4) is 0 Å². The zero-order valence-corrected chi connectivity index (χ0v) is 18.3. The Morgan fingerprint density at radius 2 is 1.93 bits per heavy atom. The van der Waals surface area contributed by atoms with Gasteiger partial charge in [0.15, 0.2) is 6.61 Å². The van der Waals surface area contributed by atoms with Crippen molar-refractivity contribution in [3.8, 4) is 0 Å². The third-order valence-electron chi connectivity index (χ3n) is 4.26. The average Bonchev–Trinajstić information content (AvgIpc) is 3.27. The molecule has 0 N–H and O–H groups in total. The minimum absolute atomic E-state index is 0.0173. The van der Waals surface area contributed by atoms with E-state index in [2.05, 4.69) is 36.1 Å². The Morgan fingerprint density at radius 1 is 1.21 bits per heavy atom. The van der Waals surface area contributed by atoms with Crippen molar-refractivity contribution in [2.45, 2.75) is 51.5 Å². The Kier molecular flexibility index (Phi) is 5.74. The number of nitrogens with zero attached hydrogens (tertiary/aromatic N) is 5. The lowest BCUT2D eigenvalue weighted by Crippen LogP contribution is -2.30. The molecule has 0 unspecified atom stereocenters. The Labute approximate surface area is 169 Å². The van der Waals surface area contributed by atoms with E-state index in [9.17, 15) is 8.42 Å². The van der Waals surface area contributed by atoms with E-state index in [1.807, 2.05) is 19.2 Å². The Morgan fingerprint density at radius 3 is 2.54 bits per heavy atom. The molecule has 0 bridgehead atoms. The van der Waals surface area contributed by atoms with Gasteiger partial charge < -0.3 is 4.84 Å². The topological polar surface area (TPSA) is 90.2 Å². The van der Waals surface area contributed by atoms with Gasteiger partial charge in [-0.05, 0) is 23.4 Å². The molecule has 152 valence electrons. The number of aromatic nitrogens is 4. The SMILES string of the molecule is CCN(CC)S(=O)(=O)c1ccc2nnn(OCc3csc(C(C)(C)C)n3)c2c1. The second kappa shape index (κ2) is 7.76. The largest absolute Gasteiger partial charge is 0.388 e. The summed E-state index contributed by atoms with van der Waals surface area (Å²) in [4.78, 5) is 11.8. The Balaban J connectivity index is 1.86. The predicted molar refractivity (Wildman–Crippen MR) is 109 cm³/mol. The van der Waals surface area contributed by atoms with E-state index in [1.54, 1.807) is 29.5 Å². The molecule has 0 aliphatic heterocycles. The van der Waals surface area contributed by atoms with Gasteiger partial charge in [-0.1, -0.05) is 39.5 Å². The maximum atomic E-state index is 12.8. The highest BCUT2D eigenvalue weighted by atomic mass is 32.2. The maximum absolute atomic E-state index is 12.8. The first-order valence-electron chi connectivity index (χ1n) is 9.10.